The van der Waals surface area contributed by atoms with Crippen molar-refractivity contribution in [3.05, 3.63) is 32.8 Å². The Hall–Kier alpha value is -0.350. The first-order chi connectivity index (χ1) is 7.07. The van der Waals surface area contributed by atoms with Crippen molar-refractivity contribution in [2.45, 2.75) is 26.2 Å². The van der Waals surface area contributed by atoms with E-state index in [-0.39, 0.29) is 5.92 Å². The molecule has 3 heteroatoms. The summed E-state index contributed by atoms with van der Waals surface area (Å²) in [5, 5.41) is 1.72. The van der Waals surface area contributed by atoms with Crippen LogP contribution in [0.4, 0.5) is 0 Å². The Labute approximate surface area is 106 Å². The van der Waals surface area contributed by atoms with Gasteiger partial charge in [-0.05, 0) is 30.5 Å². The Morgan fingerprint density at radius 2 is 1.80 bits per heavy atom. The fraction of sp³-hybridized carbons (Fsp3) is 0.333. The van der Waals surface area contributed by atoms with Gasteiger partial charge in [0.15, 0.2) is 0 Å². The van der Waals surface area contributed by atoms with E-state index in [1.54, 1.807) is 12.1 Å². The monoisotopic (exact) mass is 260 g/mol. The molecule has 0 fully saturated rings. The first kappa shape index (κ1) is 12.7. The van der Waals surface area contributed by atoms with Crippen molar-refractivity contribution in [3.63, 3.8) is 0 Å². The SMILES string of the molecule is CC#CCC(C)c1c(Cl)ccc(Cl)c1Cl. The summed E-state index contributed by atoms with van der Waals surface area (Å²) in [6.45, 7) is 3.85. The number of hydrogen-bond donors (Lipinski definition) is 0. The number of hydrogen-bond acceptors (Lipinski definition) is 0. The zero-order valence-electron chi connectivity index (χ0n) is 8.57. The second kappa shape index (κ2) is 5.66. The summed E-state index contributed by atoms with van der Waals surface area (Å²) in [7, 11) is 0. The van der Waals surface area contributed by atoms with E-state index < -0.39 is 0 Å². The van der Waals surface area contributed by atoms with Gasteiger partial charge in [0, 0.05) is 11.4 Å². The van der Waals surface area contributed by atoms with Gasteiger partial charge in [-0.1, -0.05) is 41.7 Å². The van der Waals surface area contributed by atoms with Crippen LogP contribution in [-0.2, 0) is 0 Å². The van der Waals surface area contributed by atoms with Crippen LogP contribution in [0.5, 0.6) is 0 Å². The van der Waals surface area contributed by atoms with Crippen LogP contribution in [0.15, 0.2) is 12.1 Å². The molecule has 0 saturated heterocycles. The smallest absolute Gasteiger partial charge is 0.0642 e. The van der Waals surface area contributed by atoms with Gasteiger partial charge in [-0.3, -0.25) is 0 Å². The largest absolute Gasteiger partial charge is 0.107 e. The van der Waals surface area contributed by atoms with E-state index in [9.17, 15) is 0 Å². The van der Waals surface area contributed by atoms with Gasteiger partial charge in [0.2, 0.25) is 0 Å². The van der Waals surface area contributed by atoms with Gasteiger partial charge in [-0.2, -0.15) is 0 Å². The lowest BCUT2D eigenvalue weighted by atomic mass is 9.98. The molecule has 0 bridgehead atoms. The molecule has 0 radical (unpaired) electrons. The molecule has 0 amide bonds. The molecule has 1 rings (SSSR count). The predicted octanol–water partition coefficient (Wildman–Crippen LogP) is 5.16. The van der Waals surface area contributed by atoms with Crippen LogP contribution < -0.4 is 0 Å². The molecule has 1 unspecified atom stereocenters. The zero-order chi connectivity index (χ0) is 11.4. The topological polar surface area (TPSA) is 0 Å². The maximum Gasteiger partial charge on any atom is 0.0642 e. The van der Waals surface area contributed by atoms with Gasteiger partial charge in [0.1, 0.15) is 0 Å². The van der Waals surface area contributed by atoms with Crippen molar-refractivity contribution >= 4 is 34.8 Å². The minimum atomic E-state index is 0.191. The molecular formula is C12H11Cl3. The molecular weight excluding hydrogens is 250 g/mol. The Bertz CT molecular complexity index is 413. The predicted molar refractivity (Wildman–Crippen MR) is 68.0 cm³/mol. The maximum atomic E-state index is 6.11. The van der Waals surface area contributed by atoms with Crippen molar-refractivity contribution in [3.8, 4) is 11.8 Å². The third-order valence-electron chi connectivity index (χ3n) is 2.16. The van der Waals surface area contributed by atoms with E-state index in [1.165, 1.54) is 0 Å². The van der Waals surface area contributed by atoms with Gasteiger partial charge in [-0.25, -0.2) is 0 Å². The van der Waals surface area contributed by atoms with Crippen molar-refractivity contribution in [2.24, 2.45) is 0 Å². The van der Waals surface area contributed by atoms with Crippen LogP contribution >= 0.6 is 34.8 Å². The second-order valence-electron chi connectivity index (χ2n) is 3.29. The van der Waals surface area contributed by atoms with E-state index in [4.69, 9.17) is 34.8 Å². The molecule has 0 nitrogen and oxygen atoms in total. The third kappa shape index (κ3) is 3.05. The van der Waals surface area contributed by atoms with Crippen molar-refractivity contribution in [2.75, 3.05) is 0 Å². The Kier molecular flexibility index (Phi) is 4.80. The van der Waals surface area contributed by atoms with Crippen LogP contribution in [0.25, 0.3) is 0 Å². The molecule has 1 aromatic rings. The van der Waals surface area contributed by atoms with E-state index in [2.05, 4.69) is 11.8 Å². The average Bonchev–Trinajstić information content (AvgIpc) is 2.21. The minimum Gasteiger partial charge on any atom is -0.107 e. The van der Waals surface area contributed by atoms with Crippen LogP contribution in [0.2, 0.25) is 15.1 Å². The standard InChI is InChI=1S/C12H11Cl3/c1-3-4-5-8(2)11-9(13)6-7-10(14)12(11)15/h6-8H,5H2,1-2H3. The molecule has 15 heavy (non-hydrogen) atoms. The van der Waals surface area contributed by atoms with Crippen molar-refractivity contribution in [1.29, 1.82) is 0 Å². The molecule has 0 saturated carbocycles. The summed E-state index contributed by atoms with van der Waals surface area (Å²) < 4.78 is 0. The van der Waals surface area contributed by atoms with Crippen LogP contribution in [0, 0.1) is 11.8 Å². The zero-order valence-corrected chi connectivity index (χ0v) is 10.8. The second-order valence-corrected chi connectivity index (χ2v) is 4.48. The van der Waals surface area contributed by atoms with Gasteiger partial charge in [0.25, 0.3) is 0 Å². The summed E-state index contributed by atoms with van der Waals surface area (Å²) in [4.78, 5) is 0. The third-order valence-corrected chi connectivity index (χ3v) is 3.31. The lowest BCUT2D eigenvalue weighted by Gasteiger charge is -2.13. The molecule has 0 aliphatic carbocycles. The van der Waals surface area contributed by atoms with E-state index in [1.807, 2.05) is 13.8 Å². The van der Waals surface area contributed by atoms with Gasteiger partial charge < -0.3 is 0 Å². The lowest BCUT2D eigenvalue weighted by Crippen LogP contribution is -1.95. The number of halogens is 3. The summed E-state index contributed by atoms with van der Waals surface area (Å²) in [6.07, 6.45) is 0.732. The first-order valence-corrected chi connectivity index (χ1v) is 5.74. The highest BCUT2D eigenvalue weighted by molar-refractivity contribution is 6.44. The van der Waals surface area contributed by atoms with Crippen LogP contribution in [0.1, 0.15) is 31.7 Å². The quantitative estimate of drug-likeness (QED) is 0.509. The van der Waals surface area contributed by atoms with E-state index in [0.717, 1.165) is 12.0 Å². The summed E-state index contributed by atoms with van der Waals surface area (Å²) in [5.41, 5.74) is 0.883. The number of rotatable bonds is 2. The van der Waals surface area contributed by atoms with E-state index in [0.29, 0.717) is 15.1 Å². The molecule has 0 aliphatic rings. The highest BCUT2D eigenvalue weighted by Crippen LogP contribution is 2.37. The molecule has 0 aliphatic heterocycles. The number of benzene rings is 1. The average molecular weight is 262 g/mol. The highest BCUT2D eigenvalue weighted by atomic mass is 35.5. The fourth-order valence-corrected chi connectivity index (χ4v) is 2.26. The fourth-order valence-electron chi connectivity index (χ4n) is 1.35. The van der Waals surface area contributed by atoms with Gasteiger partial charge in [0.05, 0.1) is 10.0 Å². The normalized spacial score (nSPS) is 11.8. The Balaban J connectivity index is 3.10. The summed E-state index contributed by atoms with van der Waals surface area (Å²) >= 11 is 18.1. The Morgan fingerprint density at radius 1 is 1.20 bits per heavy atom. The molecule has 80 valence electrons. The van der Waals surface area contributed by atoms with Crippen LogP contribution in [-0.4, -0.2) is 0 Å². The first-order valence-electron chi connectivity index (χ1n) is 4.61. The highest BCUT2D eigenvalue weighted by Gasteiger charge is 2.15. The molecule has 0 aromatic heterocycles. The minimum absolute atomic E-state index is 0.191. The Morgan fingerprint density at radius 3 is 2.40 bits per heavy atom. The lowest BCUT2D eigenvalue weighted by molar-refractivity contribution is 0.796. The molecule has 0 N–H and O–H groups in total. The van der Waals surface area contributed by atoms with E-state index >= 15 is 0 Å². The molecule has 0 heterocycles. The summed E-state index contributed by atoms with van der Waals surface area (Å²) in [6, 6.07) is 3.47. The van der Waals surface area contributed by atoms with Gasteiger partial charge >= 0.3 is 0 Å². The van der Waals surface area contributed by atoms with Crippen LogP contribution in [0.3, 0.4) is 0 Å². The molecule has 1 atom stereocenters. The van der Waals surface area contributed by atoms with Crippen molar-refractivity contribution in [1.82, 2.24) is 0 Å². The van der Waals surface area contributed by atoms with Gasteiger partial charge in [-0.15, -0.1) is 11.8 Å². The summed E-state index contributed by atoms with van der Waals surface area (Å²) in [5.74, 6) is 6.05. The molecule has 1 aromatic carbocycles. The van der Waals surface area contributed by atoms with Crippen molar-refractivity contribution < 1.29 is 0 Å². The molecule has 0 spiro atoms. The maximum absolute atomic E-state index is 6.11.